The highest BCUT2D eigenvalue weighted by Gasteiger charge is 2.42. The third-order valence-electron chi connectivity index (χ3n) is 7.35. The summed E-state index contributed by atoms with van der Waals surface area (Å²) in [7, 11) is 4.79. The molecule has 0 saturated carbocycles. The number of nitriles is 1. The van der Waals surface area contributed by atoms with Gasteiger partial charge in [-0.25, -0.2) is 0 Å². The summed E-state index contributed by atoms with van der Waals surface area (Å²) >= 11 is 0. The van der Waals surface area contributed by atoms with Gasteiger partial charge in [-0.3, -0.25) is 0 Å². The van der Waals surface area contributed by atoms with Gasteiger partial charge in [0.25, 0.3) is 0 Å². The number of rotatable bonds is 13. The zero-order valence-corrected chi connectivity index (χ0v) is 22.2. The summed E-state index contributed by atoms with van der Waals surface area (Å²) in [6.45, 7) is 4.76. The van der Waals surface area contributed by atoms with Gasteiger partial charge in [0.2, 0.25) is 5.75 Å². The van der Waals surface area contributed by atoms with Gasteiger partial charge in [-0.1, -0.05) is 38.8 Å². The van der Waals surface area contributed by atoms with Crippen molar-refractivity contribution in [2.45, 2.75) is 69.9 Å². The molecule has 36 heavy (non-hydrogen) atoms. The fourth-order valence-corrected chi connectivity index (χ4v) is 5.48. The zero-order valence-electron chi connectivity index (χ0n) is 22.2. The minimum absolute atomic E-state index is 0.0609. The number of benzene rings is 2. The Kier molecular flexibility index (Phi) is 9.72. The van der Waals surface area contributed by atoms with Crippen LogP contribution >= 0.6 is 0 Å². The highest BCUT2D eigenvalue weighted by molar-refractivity contribution is 5.59. The van der Waals surface area contributed by atoms with Crippen molar-refractivity contribution >= 4 is 0 Å². The minimum Gasteiger partial charge on any atom is -0.493 e. The van der Waals surface area contributed by atoms with E-state index >= 15 is 0 Å². The summed E-state index contributed by atoms with van der Waals surface area (Å²) in [6.07, 6.45) is 4.60. The molecule has 0 aliphatic carbocycles. The van der Waals surface area contributed by atoms with Crippen LogP contribution in [0.1, 0.15) is 57.9 Å². The summed E-state index contributed by atoms with van der Waals surface area (Å²) in [4.78, 5) is 0. The molecular weight excluding hydrogens is 456 g/mol. The molecule has 0 bridgehead atoms. The lowest BCUT2D eigenvalue weighted by atomic mass is 9.65. The van der Waals surface area contributed by atoms with Gasteiger partial charge in [0, 0.05) is 18.0 Å². The quantitative estimate of drug-likeness (QED) is 0.383. The molecule has 1 heterocycles. The van der Waals surface area contributed by atoms with Gasteiger partial charge >= 0.3 is 0 Å². The van der Waals surface area contributed by atoms with Gasteiger partial charge in [0.05, 0.1) is 32.8 Å². The maximum atomic E-state index is 10.6. The van der Waals surface area contributed by atoms with Crippen LogP contribution in [0.2, 0.25) is 0 Å². The standard InChI is InChI=1S/C29H40N2O5/c1-6-20(7-2)29(19-30,23-14-15-26(32-3)28(34-5)27(23)33-4)16-10-11-21(31)17-22-18-35-24-12-8-9-13-25(24)36-22/h8-9,12-15,20-22H,6-7,10-11,16-18,31H2,1-5H3. The summed E-state index contributed by atoms with van der Waals surface area (Å²) in [5.74, 6) is 3.33. The van der Waals surface area contributed by atoms with E-state index in [1.807, 2.05) is 36.4 Å². The van der Waals surface area contributed by atoms with Crippen LogP contribution in [0.3, 0.4) is 0 Å². The Hall–Kier alpha value is -3.11. The van der Waals surface area contributed by atoms with Crippen LogP contribution in [0, 0.1) is 17.2 Å². The molecule has 0 radical (unpaired) electrons. The van der Waals surface area contributed by atoms with E-state index in [0.717, 1.165) is 42.7 Å². The Morgan fingerprint density at radius 3 is 2.33 bits per heavy atom. The SMILES string of the molecule is CCC(CC)C(C#N)(CCCC(N)CC1COc2ccccc2O1)c1ccc(OC)c(OC)c1OC. The van der Waals surface area contributed by atoms with Gasteiger partial charge in [-0.15, -0.1) is 0 Å². The number of methoxy groups -OCH3 is 3. The zero-order chi connectivity index (χ0) is 26.1. The number of ether oxygens (including phenoxy) is 5. The van der Waals surface area contributed by atoms with Crippen molar-refractivity contribution in [2.24, 2.45) is 11.7 Å². The van der Waals surface area contributed by atoms with Crippen molar-refractivity contribution in [3.8, 4) is 34.8 Å². The lowest BCUT2D eigenvalue weighted by molar-refractivity contribution is 0.0788. The van der Waals surface area contributed by atoms with Crippen molar-refractivity contribution in [1.29, 1.82) is 5.26 Å². The molecule has 7 heteroatoms. The van der Waals surface area contributed by atoms with E-state index < -0.39 is 5.41 Å². The van der Waals surface area contributed by atoms with Crippen molar-refractivity contribution in [2.75, 3.05) is 27.9 Å². The maximum absolute atomic E-state index is 10.6. The Labute approximate surface area is 215 Å². The van der Waals surface area contributed by atoms with Crippen molar-refractivity contribution in [3.05, 3.63) is 42.0 Å². The molecule has 3 unspecified atom stereocenters. The second-order valence-corrected chi connectivity index (χ2v) is 9.36. The monoisotopic (exact) mass is 496 g/mol. The Bertz CT molecular complexity index is 1030. The molecule has 1 aliphatic heterocycles. The first kappa shape index (κ1) is 27.5. The van der Waals surface area contributed by atoms with Gasteiger partial charge < -0.3 is 29.4 Å². The molecule has 0 fully saturated rings. The summed E-state index contributed by atoms with van der Waals surface area (Å²) in [5, 5.41) is 10.6. The minimum atomic E-state index is -0.739. The average molecular weight is 497 g/mol. The number of para-hydroxylation sites is 2. The van der Waals surface area contributed by atoms with Crippen LogP contribution < -0.4 is 29.4 Å². The molecule has 1 aliphatic rings. The smallest absolute Gasteiger partial charge is 0.203 e. The Morgan fingerprint density at radius 2 is 1.72 bits per heavy atom. The molecule has 2 aromatic carbocycles. The number of fused-ring (bicyclic) bond motifs is 1. The van der Waals surface area contributed by atoms with E-state index in [9.17, 15) is 5.26 Å². The Balaban J connectivity index is 1.77. The lowest BCUT2D eigenvalue weighted by Gasteiger charge is -2.36. The van der Waals surface area contributed by atoms with Gasteiger partial charge in [0.1, 0.15) is 12.7 Å². The fraction of sp³-hybridized carbons (Fsp3) is 0.552. The van der Waals surface area contributed by atoms with E-state index in [1.54, 1.807) is 21.3 Å². The molecule has 3 rings (SSSR count). The molecule has 7 nitrogen and oxygen atoms in total. The average Bonchev–Trinajstić information content (AvgIpc) is 2.91. The normalized spacial score (nSPS) is 17.1. The predicted molar refractivity (Wildman–Crippen MR) is 140 cm³/mol. The highest BCUT2D eigenvalue weighted by Crippen LogP contribution is 2.50. The first-order valence-electron chi connectivity index (χ1n) is 12.8. The van der Waals surface area contributed by atoms with E-state index in [-0.39, 0.29) is 18.1 Å². The van der Waals surface area contributed by atoms with E-state index in [0.29, 0.717) is 36.7 Å². The molecular formula is C29H40N2O5. The number of hydrogen-bond acceptors (Lipinski definition) is 7. The summed E-state index contributed by atoms with van der Waals surface area (Å²) in [5.41, 5.74) is 6.64. The first-order valence-corrected chi connectivity index (χ1v) is 12.8. The van der Waals surface area contributed by atoms with Gasteiger partial charge in [-0.2, -0.15) is 5.26 Å². The largest absolute Gasteiger partial charge is 0.493 e. The van der Waals surface area contributed by atoms with Crippen molar-refractivity contribution in [1.82, 2.24) is 0 Å². The Morgan fingerprint density at radius 1 is 1.03 bits per heavy atom. The van der Waals surface area contributed by atoms with E-state index in [1.165, 1.54) is 0 Å². The van der Waals surface area contributed by atoms with Crippen LogP contribution in [0.4, 0.5) is 0 Å². The topological polar surface area (TPSA) is 96.0 Å². The molecule has 0 saturated heterocycles. The molecule has 0 spiro atoms. The molecule has 0 amide bonds. The fourth-order valence-electron chi connectivity index (χ4n) is 5.48. The van der Waals surface area contributed by atoms with Crippen LogP contribution in [-0.2, 0) is 5.41 Å². The van der Waals surface area contributed by atoms with Crippen LogP contribution in [0.15, 0.2) is 36.4 Å². The number of hydrogen-bond donors (Lipinski definition) is 1. The number of nitrogens with zero attached hydrogens (tertiary/aromatic N) is 1. The first-order chi connectivity index (χ1) is 17.5. The molecule has 0 aromatic heterocycles. The van der Waals surface area contributed by atoms with E-state index in [4.69, 9.17) is 29.4 Å². The van der Waals surface area contributed by atoms with E-state index in [2.05, 4.69) is 19.9 Å². The van der Waals surface area contributed by atoms with Gasteiger partial charge in [0.15, 0.2) is 23.0 Å². The third kappa shape index (κ3) is 5.65. The van der Waals surface area contributed by atoms with Crippen molar-refractivity contribution in [3.63, 3.8) is 0 Å². The number of nitrogens with two attached hydrogens (primary N) is 1. The maximum Gasteiger partial charge on any atom is 0.203 e. The highest BCUT2D eigenvalue weighted by atomic mass is 16.6. The van der Waals surface area contributed by atoms with Gasteiger partial charge in [-0.05, 0) is 49.4 Å². The lowest BCUT2D eigenvalue weighted by Crippen LogP contribution is -2.37. The second kappa shape index (κ2) is 12.7. The predicted octanol–water partition coefficient (Wildman–Crippen LogP) is 5.64. The third-order valence-corrected chi connectivity index (χ3v) is 7.35. The van der Waals surface area contributed by atoms with Crippen LogP contribution in [0.5, 0.6) is 28.7 Å². The molecule has 2 N–H and O–H groups in total. The van der Waals surface area contributed by atoms with Crippen LogP contribution in [0.25, 0.3) is 0 Å². The molecule has 3 atom stereocenters. The summed E-state index contributed by atoms with van der Waals surface area (Å²) < 4.78 is 28.8. The molecule has 2 aromatic rings. The molecule has 196 valence electrons. The van der Waals surface area contributed by atoms with Crippen molar-refractivity contribution < 1.29 is 23.7 Å². The second-order valence-electron chi connectivity index (χ2n) is 9.36. The van der Waals surface area contributed by atoms with Crippen LogP contribution in [-0.4, -0.2) is 40.1 Å². The summed E-state index contributed by atoms with van der Waals surface area (Å²) in [6, 6.07) is 14.1.